The first-order chi connectivity index (χ1) is 11.5. The minimum absolute atomic E-state index is 0.0826. The SMILES string of the molecule is CCc1ccc(OCC(=O)Nc2nc3ccc(Cl)cc3s2)c(Br)c1. The van der Waals surface area contributed by atoms with E-state index in [9.17, 15) is 4.79 Å². The van der Waals surface area contributed by atoms with Crippen LogP contribution in [0.2, 0.25) is 5.02 Å². The Balaban J connectivity index is 1.62. The third-order valence-electron chi connectivity index (χ3n) is 3.36. The number of hydrogen-bond donors (Lipinski definition) is 1. The van der Waals surface area contributed by atoms with E-state index in [1.807, 2.05) is 30.3 Å². The largest absolute Gasteiger partial charge is 0.483 e. The molecule has 0 fully saturated rings. The fourth-order valence-electron chi connectivity index (χ4n) is 2.13. The molecule has 0 atom stereocenters. The van der Waals surface area contributed by atoms with E-state index in [4.69, 9.17) is 16.3 Å². The van der Waals surface area contributed by atoms with E-state index in [-0.39, 0.29) is 12.5 Å². The van der Waals surface area contributed by atoms with Crippen molar-refractivity contribution in [2.45, 2.75) is 13.3 Å². The summed E-state index contributed by atoms with van der Waals surface area (Å²) in [5.74, 6) is 0.380. The first kappa shape index (κ1) is 17.2. The molecule has 7 heteroatoms. The molecule has 3 rings (SSSR count). The standard InChI is InChI=1S/C17H14BrClN2O2S/c1-2-10-3-6-14(12(18)7-10)23-9-16(22)21-17-20-13-5-4-11(19)8-15(13)24-17/h3-8H,2,9H2,1H3,(H,20,21,22). The number of nitrogens with zero attached hydrogens (tertiary/aromatic N) is 1. The van der Waals surface area contributed by atoms with Crippen LogP contribution >= 0.6 is 38.9 Å². The number of fused-ring (bicyclic) bond motifs is 1. The van der Waals surface area contributed by atoms with Gasteiger partial charge in [0.15, 0.2) is 11.7 Å². The highest BCUT2D eigenvalue weighted by Crippen LogP contribution is 2.29. The smallest absolute Gasteiger partial charge is 0.264 e. The molecule has 0 bridgehead atoms. The third-order valence-corrected chi connectivity index (χ3v) is 5.15. The summed E-state index contributed by atoms with van der Waals surface area (Å²) in [6.07, 6.45) is 0.945. The zero-order chi connectivity index (χ0) is 17.1. The van der Waals surface area contributed by atoms with E-state index in [0.717, 1.165) is 21.1 Å². The van der Waals surface area contributed by atoms with E-state index >= 15 is 0 Å². The van der Waals surface area contributed by atoms with Crippen LogP contribution in [0.15, 0.2) is 40.9 Å². The average molecular weight is 426 g/mol. The predicted octanol–water partition coefficient (Wildman–Crippen LogP) is 5.29. The molecule has 4 nitrogen and oxygen atoms in total. The normalized spacial score (nSPS) is 10.8. The number of nitrogens with one attached hydrogen (secondary N) is 1. The molecule has 3 aromatic rings. The molecule has 0 aliphatic carbocycles. The van der Waals surface area contributed by atoms with Crippen LogP contribution in [0.4, 0.5) is 5.13 Å². The summed E-state index contributed by atoms with van der Waals surface area (Å²) < 4.78 is 7.33. The Kier molecular flexibility index (Phi) is 5.38. The summed E-state index contributed by atoms with van der Waals surface area (Å²) in [5.41, 5.74) is 2.00. The minimum Gasteiger partial charge on any atom is -0.483 e. The van der Waals surface area contributed by atoms with Crippen LogP contribution in [-0.4, -0.2) is 17.5 Å². The van der Waals surface area contributed by atoms with Gasteiger partial charge in [0, 0.05) is 5.02 Å². The van der Waals surface area contributed by atoms with Crippen LogP contribution in [0.25, 0.3) is 10.2 Å². The van der Waals surface area contributed by atoms with Gasteiger partial charge in [0.1, 0.15) is 5.75 Å². The summed E-state index contributed by atoms with van der Waals surface area (Å²) in [6, 6.07) is 11.3. The van der Waals surface area contributed by atoms with Crippen molar-refractivity contribution >= 4 is 60.1 Å². The van der Waals surface area contributed by atoms with Gasteiger partial charge in [-0.05, 0) is 58.2 Å². The lowest BCUT2D eigenvalue weighted by Gasteiger charge is -2.08. The highest BCUT2D eigenvalue weighted by Gasteiger charge is 2.10. The van der Waals surface area contributed by atoms with Gasteiger partial charge >= 0.3 is 0 Å². The Labute approximate surface area is 156 Å². The van der Waals surface area contributed by atoms with Crippen LogP contribution in [0.5, 0.6) is 5.75 Å². The molecule has 1 heterocycles. The van der Waals surface area contributed by atoms with Gasteiger partial charge < -0.3 is 4.74 Å². The Morgan fingerprint density at radius 1 is 1.33 bits per heavy atom. The summed E-state index contributed by atoms with van der Waals surface area (Å²) in [5, 5.41) is 3.92. The Morgan fingerprint density at radius 3 is 2.92 bits per heavy atom. The maximum atomic E-state index is 12.1. The topological polar surface area (TPSA) is 51.2 Å². The molecule has 0 unspecified atom stereocenters. The van der Waals surface area contributed by atoms with Gasteiger partial charge in [0.2, 0.25) is 0 Å². The highest BCUT2D eigenvalue weighted by molar-refractivity contribution is 9.10. The fraction of sp³-hybridized carbons (Fsp3) is 0.176. The summed E-state index contributed by atoms with van der Waals surface area (Å²) in [7, 11) is 0. The summed E-state index contributed by atoms with van der Waals surface area (Å²) in [4.78, 5) is 16.4. The van der Waals surface area contributed by atoms with Gasteiger partial charge in [-0.25, -0.2) is 4.98 Å². The van der Waals surface area contributed by atoms with Crippen molar-refractivity contribution in [2.75, 3.05) is 11.9 Å². The van der Waals surface area contributed by atoms with Crippen molar-refractivity contribution in [2.24, 2.45) is 0 Å². The fourth-order valence-corrected chi connectivity index (χ4v) is 3.83. The molecule has 1 aromatic heterocycles. The number of rotatable bonds is 5. The number of benzene rings is 2. The highest BCUT2D eigenvalue weighted by atomic mass is 79.9. The number of carbonyl (C=O) groups is 1. The lowest BCUT2D eigenvalue weighted by atomic mass is 10.2. The molecule has 1 amide bonds. The quantitative estimate of drug-likeness (QED) is 0.604. The monoisotopic (exact) mass is 424 g/mol. The number of hydrogen-bond acceptors (Lipinski definition) is 4. The van der Waals surface area contributed by atoms with Crippen LogP contribution in [0.1, 0.15) is 12.5 Å². The first-order valence-electron chi connectivity index (χ1n) is 7.32. The molecule has 0 saturated heterocycles. The number of aromatic nitrogens is 1. The van der Waals surface area contributed by atoms with Crippen molar-refractivity contribution < 1.29 is 9.53 Å². The number of aryl methyl sites for hydroxylation is 1. The zero-order valence-corrected chi connectivity index (χ0v) is 16.0. The number of amides is 1. The Morgan fingerprint density at radius 2 is 2.17 bits per heavy atom. The molecule has 124 valence electrons. The first-order valence-corrected chi connectivity index (χ1v) is 9.31. The summed E-state index contributed by atoms with van der Waals surface area (Å²) in [6.45, 7) is 2.00. The minimum atomic E-state index is -0.258. The van der Waals surface area contributed by atoms with E-state index in [1.165, 1.54) is 16.9 Å². The number of anilines is 1. The maximum Gasteiger partial charge on any atom is 0.264 e. The molecule has 0 saturated carbocycles. The number of ether oxygens (including phenoxy) is 1. The number of halogens is 2. The summed E-state index contributed by atoms with van der Waals surface area (Å²) >= 11 is 10.8. The second kappa shape index (κ2) is 7.51. The van der Waals surface area contributed by atoms with Gasteiger partial charge in [-0.2, -0.15) is 0 Å². The van der Waals surface area contributed by atoms with Crippen molar-refractivity contribution in [3.63, 3.8) is 0 Å². The molecule has 2 aromatic carbocycles. The van der Waals surface area contributed by atoms with Crippen LogP contribution in [0.3, 0.4) is 0 Å². The molecule has 0 aliphatic rings. The number of thiazole rings is 1. The van der Waals surface area contributed by atoms with Crippen molar-refractivity contribution in [3.05, 3.63) is 51.5 Å². The van der Waals surface area contributed by atoms with E-state index in [0.29, 0.717) is 15.9 Å². The lowest BCUT2D eigenvalue weighted by molar-refractivity contribution is -0.118. The van der Waals surface area contributed by atoms with Crippen molar-refractivity contribution in [3.8, 4) is 5.75 Å². The molecular formula is C17H14BrClN2O2S. The van der Waals surface area contributed by atoms with Gasteiger partial charge in [-0.1, -0.05) is 35.9 Å². The molecule has 0 radical (unpaired) electrons. The molecular weight excluding hydrogens is 412 g/mol. The molecule has 0 spiro atoms. The zero-order valence-electron chi connectivity index (χ0n) is 12.8. The maximum absolute atomic E-state index is 12.1. The van der Waals surface area contributed by atoms with Crippen molar-refractivity contribution in [1.29, 1.82) is 0 Å². The Hall–Kier alpha value is -1.63. The van der Waals surface area contributed by atoms with Gasteiger partial charge in [-0.3, -0.25) is 10.1 Å². The molecule has 0 aliphatic heterocycles. The Bertz CT molecular complexity index is 897. The molecule has 24 heavy (non-hydrogen) atoms. The average Bonchev–Trinajstić information content (AvgIpc) is 2.94. The third kappa shape index (κ3) is 4.06. The lowest BCUT2D eigenvalue weighted by Crippen LogP contribution is -2.20. The second-order valence-corrected chi connectivity index (χ2v) is 7.41. The molecule has 1 N–H and O–H groups in total. The predicted molar refractivity (Wildman–Crippen MR) is 102 cm³/mol. The van der Waals surface area contributed by atoms with E-state index in [2.05, 4.69) is 33.2 Å². The number of carbonyl (C=O) groups excluding carboxylic acids is 1. The van der Waals surface area contributed by atoms with Gasteiger partial charge in [0.05, 0.1) is 14.7 Å². The second-order valence-electron chi connectivity index (χ2n) is 5.09. The van der Waals surface area contributed by atoms with Crippen LogP contribution in [0, 0.1) is 0 Å². The van der Waals surface area contributed by atoms with Crippen LogP contribution < -0.4 is 10.1 Å². The van der Waals surface area contributed by atoms with E-state index < -0.39 is 0 Å². The van der Waals surface area contributed by atoms with Crippen LogP contribution in [-0.2, 0) is 11.2 Å². The van der Waals surface area contributed by atoms with Crippen molar-refractivity contribution in [1.82, 2.24) is 4.98 Å². The van der Waals surface area contributed by atoms with E-state index in [1.54, 1.807) is 6.07 Å². The van der Waals surface area contributed by atoms with Gasteiger partial charge in [-0.15, -0.1) is 0 Å². The van der Waals surface area contributed by atoms with Gasteiger partial charge in [0.25, 0.3) is 5.91 Å².